The highest BCUT2D eigenvalue weighted by Gasteiger charge is 2.11. The van der Waals surface area contributed by atoms with Crippen molar-refractivity contribution in [2.45, 2.75) is 37.1 Å². The predicted molar refractivity (Wildman–Crippen MR) is 119 cm³/mol. The molecule has 7 nitrogen and oxygen atoms in total. The number of carbonyl (C=O) groups is 1. The Morgan fingerprint density at radius 3 is 2.45 bits per heavy atom. The minimum Gasteiger partial charge on any atom is -0.308 e. The molecule has 2 amide bonds. The largest absolute Gasteiger partial charge is 0.323 e. The van der Waals surface area contributed by atoms with Crippen LogP contribution in [0.25, 0.3) is 5.78 Å². The molecule has 0 aliphatic carbocycles. The number of hydrogen-bond acceptors (Lipinski definition) is 5. The molecule has 0 atom stereocenters. The molecule has 2 aromatic heterocycles. The number of urea groups is 1. The average Bonchev–Trinajstić information content (AvgIpc) is 3.12. The van der Waals surface area contributed by atoms with Crippen molar-refractivity contribution in [1.29, 1.82) is 0 Å². The molecule has 31 heavy (non-hydrogen) atoms. The minimum absolute atomic E-state index is 0.363. The van der Waals surface area contributed by atoms with Crippen molar-refractivity contribution >= 4 is 34.9 Å². The number of rotatable bonds is 5. The van der Waals surface area contributed by atoms with Crippen LogP contribution in [0.15, 0.2) is 58.5 Å². The Balaban J connectivity index is 1.45. The minimum atomic E-state index is -0.440. The SMILES string of the molecule is CCc1cc(Sc2ccc(NC(=O)Nc3ccc(C)c(F)c3)cc2)n2nc(C)nc2n1. The number of carbonyl (C=O) groups excluding carboxylic acids is 1. The quantitative estimate of drug-likeness (QED) is 0.418. The molecule has 2 heterocycles. The van der Waals surface area contributed by atoms with Gasteiger partial charge < -0.3 is 10.6 Å². The fraction of sp³-hybridized carbons (Fsp3) is 0.182. The van der Waals surface area contributed by atoms with Gasteiger partial charge in [-0.1, -0.05) is 24.8 Å². The van der Waals surface area contributed by atoms with Crippen molar-refractivity contribution in [3.05, 3.63) is 71.4 Å². The normalized spacial score (nSPS) is 11.0. The van der Waals surface area contributed by atoms with Gasteiger partial charge in [-0.05, 0) is 68.3 Å². The number of anilines is 2. The van der Waals surface area contributed by atoms with E-state index in [1.54, 1.807) is 35.3 Å². The van der Waals surface area contributed by atoms with Gasteiger partial charge >= 0.3 is 6.03 Å². The molecule has 0 unspecified atom stereocenters. The second kappa shape index (κ2) is 8.73. The summed E-state index contributed by atoms with van der Waals surface area (Å²) >= 11 is 1.54. The van der Waals surface area contributed by atoms with E-state index in [2.05, 4.69) is 25.7 Å². The van der Waals surface area contributed by atoms with Gasteiger partial charge in [0.1, 0.15) is 16.7 Å². The van der Waals surface area contributed by atoms with Crippen LogP contribution in [-0.4, -0.2) is 25.6 Å². The van der Waals surface area contributed by atoms with Gasteiger partial charge in [-0.15, -0.1) is 5.10 Å². The Kier molecular flexibility index (Phi) is 5.85. The summed E-state index contributed by atoms with van der Waals surface area (Å²) in [6.45, 7) is 5.56. The van der Waals surface area contributed by atoms with Crippen LogP contribution >= 0.6 is 11.8 Å². The lowest BCUT2D eigenvalue weighted by Gasteiger charge is -2.10. The molecule has 2 aromatic carbocycles. The van der Waals surface area contributed by atoms with E-state index in [1.165, 1.54) is 6.07 Å². The monoisotopic (exact) mass is 436 g/mol. The fourth-order valence-corrected chi connectivity index (χ4v) is 3.85. The molecule has 0 aliphatic heterocycles. The topological polar surface area (TPSA) is 84.2 Å². The number of fused-ring (bicyclic) bond motifs is 1. The molecule has 4 rings (SSSR count). The third kappa shape index (κ3) is 4.83. The zero-order chi connectivity index (χ0) is 22.0. The Bertz CT molecular complexity index is 1260. The molecule has 9 heteroatoms. The van der Waals surface area contributed by atoms with Crippen molar-refractivity contribution in [3.8, 4) is 0 Å². The number of aryl methyl sites for hydroxylation is 3. The first-order valence-electron chi connectivity index (χ1n) is 9.76. The Morgan fingerprint density at radius 1 is 1.03 bits per heavy atom. The zero-order valence-electron chi connectivity index (χ0n) is 17.3. The van der Waals surface area contributed by atoms with Crippen LogP contribution in [0, 0.1) is 19.7 Å². The molecule has 0 aliphatic rings. The third-order valence-electron chi connectivity index (χ3n) is 4.56. The van der Waals surface area contributed by atoms with Gasteiger partial charge in [0.15, 0.2) is 0 Å². The number of amides is 2. The first-order valence-corrected chi connectivity index (χ1v) is 10.6. The van der Waals surface area contributed by atoms with E-state index in [9.17, 15) is 9.18 Å². The van der Waals surface area contributed by atoms with Gasteiger partial charge in [-0.2, -0.15) is 9.50 Å². The van der Waals surface area contributed by atoms with Gasteiger partial charge in [0, 0.05) is 22.0 Å². The number of nitrogens with one attached hydrogen (secondary N) is 2. The first-order chi connectivity index (χ1) is 14.9. The van der Waals surface area contributed by atoms with Gasteiger partial charge in [-0.3, -0.25) is 0 Å². The second-order valence-electron chi connectivity index (χ2n) is 6.98. The number of aromatic nitrogens is 4. The van der Waals surface area contributed by atoms with Gasteiger partial charge in [-0.25, -0.2) is 14.2 Å². The molecule has 0 bridgehead atoms. The molecule has 0 radical (unpaired) electrons. The lowest BCUT2D eigenvalue weighted by Crippen LogP contribution is -2.19. The second-order valence-corrected chi connectivity index (χ2v) is 8.07. The molecule has 0 saturated carbocycles. The first kappa shape index (κ1) is 20.8. The van der Waals surface area contributed by atoms with E-state index in [1.807, 2.05) is 44.2 Å². The molecule has 2 N–H and O–H groups in total. The average molecular weight is 437 g/mol. The summed E-state index contributed by atoms with van der Waals surface area (Å²) in [4.78, 5) is 22.0. The summed E-state index contributed by atoms with van der Waals surface area (Å²) in [5, 5.41) is 10.7. The highest BCUT2D eigenvalue weighted by Crippen LogP contribution is 2.29. The van der Waals surface area contributed by atoms with E-state index in [4.69, 9.17) is 0 Å². The molecule has 0 spiro atoms. The molecule has 0 fully saturated rings. The predicted octanol–water partition coefficient (Wildman–Crippen LogP) is 5.24. The van der Waals surface area contributed by atoms with Crippen LogP contribution in [0.2, 0.25) is 0 Å². The lowest BCUT2D eigenvalue weighted by molar-refractivity contribution is 0.262. The number of hydrogen-bond donors (Lipinski definition) is 2. The summed E-state index contributed by atoms with van der Waals surface area (Å²) in [6, 6.07) is 13.6. The highest BCUT2D eigenvalue weighted by molar-refractivity contribution is 7.99. The maximum absolute atomic E-state index is 13.6. The van der Waals surface area contributed by atoms with Crippen molar-refractivity contribution in [1.82, 2.24) is 19.6 Å². The number of benzene rings is 2. The van der Waals surface area contributed by atoms with Crippen molar-refractivity contribution in [3.63, 3.8) is 0 Å². The van der Waals surface area contributed by atoms with E-state index < -0.39 is 6.03 Å². The maximum atomic E-state index is 13.6. The highest BCUT2D eigenvalue weighted by atomic mass is 32.2. The third-order valence-corrected chi connectivity index (χ3v) is 5.57. The van der Waals surface area contributed by atoms with Crippen molar-refractivity contribution < 1.29 is 9.18 Å². The van der Waals surface area contributed by atoms with Crippen LogP contribution in [0.4, 0.5) is 20.6 Å². The Morgan fingerprint density at radius 2 is 1.74 bits per heavy atom. The van der Waals surface area contributed by atoms with E-state index >= 15 is 0 Å². The summed E-state index contributed by atoms with van der Waals surface area (Å²) < 4.78 is 15.4. The molecule has 158 valence electrons. The Labute approximate surface area is 183 Å². The van der Waals surface area contributed by atoms with Crippen LogP contribution in [0.1, 0.15) is 24.0 Å². The summed E-state index contributed by atoms with van der Waals surface area (Å²) in [7, 11) is 0. The summed E-state index contributed by atoms with van der Waals surface area (Å²) in [5.41, 5.74) is 2.49. The van der Waals surface area contributed by atoms with Crippen LogP contribution in [0.5, 0.6) is 0 Å². The zero-order valence-corrected chi connectivity index (χ0v) is 18.1. The van der Waals surface area contributed by atoms with E-state index in [-0.39, 0.29) is 5.82 Å². The van der Waals surface area contributed by atoms with Crippen LogP contribution in [-0.2, 0) is 6.42 Å². The summed E-state index contributed by atoms with van der Waals surface area (Å²) in [6.07, 6.45) is 0.804. The van der Waals surface area contributed by atoms with Gasteiger partial charge in [0.25, 0.3) is 5.78 Å². The van der Waals surface area contributed by atoms with Crippen LogP contribution in [0.3, 0.4) is 0 Å². The lowest BCUT2D eigenvalue weighted by atomic mass is 10.2. The molecule has 0 saturated heterocycles. The molecule has 4 aromatic rings. The van der Waals surface area contributed by atoms with Crippen molar-refractivity contribution in [2.24, 2.45) is 0 Å². The Hall–Kier alpha value is -3.46. The summed E-state index contributed by atoms with van der Waals surface area (Å²) in [5.74, 6) is 0.890. The van der Waals surface area contributed by atoms with Gasteiger partial charge in [0.2, 0.25) is 0 Å². The van der Waals surface area contributed by atoms with Crippen LogP contribution < -0.4 is 10.6 Å². The van der Waals surface area contributed by atoms with Crippen molar-refractivity contribution in [2.75, 3.05) is 10.6 Å². The van der Waals surface area contributed by atoms with E-state index in [0.29, 0.717) is 28.5 Å². The van der Waals surface area contributed by atoms with Gasteiger partial charge in [0.05, 0.1) is 0 Å². The standard InChI is InChI=1S/C22H21FN6OS/c1-4-15-12-20(29-21(25-15)24-14(3)28-29)31-18-9-7-16(8-10-18)26-22(30)27-17-6-5-13(2)19(23)11-17/h5-12H,4H2,1-3H3,(H2,26,27,30). The molecular formula is C22H21FN6OS. The number of halogens is 1. The fourth-order valence-electron chi connectivity index (χ4n) is 2.93. The van der Waals surface area contributed by atoms with E-state index in [0.717, 1.165) is 22.0 Å². The molecular weight excluding hydrogens is 415 g/mol. The maximum Gasteiger partial charge on any atom is 0.323 e. The smallest absolute Gasteiger partial charge is 0.308 e. The number of nitrogens with zero attached hydrogens (tertiary/aromatic N) is 4.